The van der Waals surface area contributed by atoms with Crippen LogP contribution in [0.15, 0.2) is 29.3 Å². The summed E-state index contributed by atoms with van der Waals surface area (Å²) in [5, 5.41) is 3.62. The average molecular weight is 398 g/mol. The molecule has 0 radical (unpaired) electrons. The molecule has 0 aliphatic heterocycles. The van der Waals surface area contributed by atoms with E-state index in [-0.39, 0.29) is 36.1 Å². The van der Waals surface area contributed by atoms with Gasteiger partial charge in [0.1, 0.15) is 11.9 Å². The summed E-state index contributed by atoms with van der Waals surface area (Å²) in [7, 11) is 0. The minimum Gasteiger partial charge on any atom is -0.487 e. The molecule has 0 saturated carbocycles. The Bertz CT molecular complexity index is 413. The standard InChI is InChI=1S/C13H20ClN3O.HI/c1-9(2)17-13(15)16-8-10(3)18-12-7-5-4-6-11(12)14;/h4-7,9-10H,8H2,1-3H3,(H3,15,16,17);1H. The lowest BCUT2D eigenvalue weighted by Gasteiger charge is -2.14. The number of nitrogens with zero attached hydrogens (tertiary/aromatic N) is 1. The Hall–Kier alpha value is -0.690. The third-order valence-electron chi connectivity index (χ3n) is 2.12. The van der Waals surface area contributed by atoms with Crippen LogP contribution in [0.5, 0.6) is 5.75 Å². The molecule has 0 heterocycles. The molecular weight excluding hydrogens is 377 g/mol. The van der Waals surface area contributed by atoms with Crippen LogP contribution in [0.25, 0.3) is 0 Å². The van der Waals surface area contributed by atoms with Crippen molar-refractivity contribution in [1.29, 1.82) is 0 Å². The fourth-order valence-corrected chi connectivity index (χ4v) is 1.54. The number of benzene rings is 1. The van der Waals surface area contributed by atoms with E-state index in [1.165, 1.54) is 0 Å². The van der Waals surface area contributed by atoms with Crippen molar-refractivity contribution in [1.82, 2.24) is 5.32 Å². The van der Waals surface area contributed by atoms with Crippen molar-refractivity contribution >= 4 is 41.5 Å². The molecule has 0 bridgehead atoms. The third kappa shape index (κ3) is 7.47. The van der Waals surface area contributed by atoms with Gasteiger partial charge in [0.05, 0.1) is 11.6 Å². The number of para-hydroxylation sites is 1. The summed E-state index contributed by atoms with van der Waals surface area (Å²) < 4.78 is 5.68. The van der Waals surface area contributed by atoms with Crippen LogP contribution >= 0.6 is 35.6 Å². The van der Waals surface area contributed by atoms with Gasteiger partial charge >= 0.3 is 0 Å². The molecule has 3 N–H and O–H groups in total. The zero-order valence-corrected chi connectivity index (χ0v) is 14.5. The Kier molecular flexibility index (Phi) is 8.92. The first-order valence-electron chi connectivity index (χ1n) is 5.96. The monoisotopic (exact) mass is 397 g/mol. The lowest BCUT2D eigenvalue weighted by atomic mass is 10.3. The molecule has 1 aromatic rings. The Morgan fingerprint density at radius 3 is 2.58 bits per heavy atom. The zero-order valence-electron chi connectivity index (χ0n) is 11.4. The van der Waals surface area contributed by atoms with E-state index in [2.05, 4.69) is 10.3 Å². The highest BCUT2D eigenvalue weighted by atomic mass is 127. The zero-order chi connectivity index (χ0) is 13.5. The van der Waals surface area contributed by atoms with Gasteiger partial charge in [-0.05, 0) is 32.9 Å². The number of hydrogen-bond donors (Lipinski definition) is 2. The topological polar surface area (TPSA) is 59.6 Å². The molecule has 0 aliphatic rings. The van der Waals surface area contributed by atoms with E-state index in [0.717, 1.165) is 0 Å². The Labute approximate surface area is 136 Å². The van der Waals surface area contributed by atoms with Crippen molar-refractivity contribution in [2.75, 3.05) is 6.54 Å². The molecule has 0 saturated heterocycles. The largest absolute Gasteiger partial charge is 0.487 e. The molecule has 0 aromatic heterocycles. The highest BCUT2D eigenvalue weighted by molar-refractivity contribution is 14.0. The second kappa shape index (κ2) is 9.25. The predicted octanol–water partition coefficient (Wildman–Crippen LogP) is 3.04. The second-order valence-corrected chi connectivity index (χ2v) is 4.79. The molecular formula is C13H21ClIN3O. The van der Waals surface area contributed by atoms with Crippen molar-refractivity contribution in [3.05, 3.63) is 29.3 Å². The van der Waals surface area contributed by atoms with E-state index in [9.17, 15) is 0 Å². The molecule has 6 heteroatoms. The second-order valence-electron chi connectivity index (χ2n) is 4.38. The minimum absolute atomic E-state index is 0. The molecule has 1 unspecified atom stereocenters. The van der Waals surface area contributed by atoms with E-state index >= 15 is 0 Å². The van der Waals surface area contributed by atoms with Gasteiger partial charge in [0.25, 0.3) is 0 Å². The SMILES string of the molecule is CC(C)NC(N)=NCC(C)Oc1ccccc1Cl.I. The van der Waals surface area contributed by atoms with Crippen LogP contribution < -0.4 is 15.8 Å². The Morgan fingerprint density at radius 2 is 2.00 bits per heavy atom. The maximum absolute atomic E-state index is 6.00. The fraction of sp³-hybridized carbons (Fsp3) is 0.462. The molecule has 0 aliphatic carbocycles. The van der Waals surface area contributed by atoms with Crippen LogP contribution in [0.3, 0.4) is 0 Å². The van der Waals surface area contributed by atoms with Gasteiger partial charge < -0.3 is 15.8 Å². The summed E-state index contributed by atoms with van der Waals surface area (Å²) in [6.07, 6.45) is -0.0857. The summed E-state index contributed by atoms with van der Waals surface area (Å²) in [5.41, 5.74) is 5.70. The van der Waals surface area contributed by atoms with Crippen LogP contribution in [0.1, 0.15) is 20.8 Å². The molecule has 0 spiro atoms. The maximum Gasteiger partial charge on any atom is 0.188 e. The molecule has 4 nitrogen and oxygen atoms in total. The Balaban J connectivity index is 0.00000324. The number of halogens is 2. The molecule has 108 valence electrons. The molecule has 0 amide bonds. The number of guanidine groups is 1. The van der Waals surface area contributed by atoms with Gasteiger partial charge in [0, 0.05) is 6.04 Å². The predicted molar refractivity (Wildman–Crippen MR) is 91.7 cm³/mol. The van der Waals surface area contributed by atoms with Gasteiger partial charge in [-0.2, -0.15) is 0 Å². The van der Waals surface area contributed by atoms with Crippen LogP contribution in [0.4, 0.5) is 0 Å². The van der Waals surface area contributed by atoms with Crippen LogP contribution in [0, 0.1) is 0 Å². The minimum atomic E-state index is -0.0857. The van der Waals surface area contributed by atoms with Crippen molar-refractivity contribution in [2.45, 2.75) is 32.9 Å². The van der Waals surface area contributed by atoms with Crippen molar-refractivity contribution in [2.24, 2.45) is 10.7 Å². The van der Waals surface area contributed by atoms with Gasteiger partial charge in [-0.3, -0.25) is 0 Å². The van der Waals surface area contributed by atoms with Gasteiger partial charge in [0.2, 0.25) is 0 Å². The summed E-state index contributed by atoms with van der Waals surface area (Å²) in [6, 6.07) is 7.64. The van der Waals surface area contributed by atoms with E-state index in [1.807, 2.05) is 39.0 Å². The summed E-state index contributed by atoms with van der Waals surface area (Å²) in [6.45, 7) is 6.42. The normalized spacial score (nSPS) is 12.8. The molecule has 19 heavy (non-hydrogen) atoms. The van der Waals surface area contributed by atoms with E-state index < -0.39 is 0 Å². The van der Waals surface area contributed by atoms with Gasteiger partial charge in [-0.1, -0.05) is 23.7 Å². The van der Waals surface area contributed by atoms with Gasteiger partial charge in [-0.15, -0.1) is 24.0 Å². The van der Waals surface area contributed by atoms with Gasteiger partial charge in [0.15, 0.2) is 5.96 Å². The lowest BCUT2D eigenvalue weighted by Crippen LogP contribution is -2.37. The quantitative estimate of drug-likeness (QED) is 0.456. The summed E-state index contributed by atoms with van der Waals surface area (Å²) in [5.74, 6) is 1.09. The highest BCUT2D eigenvalue weighted by Crippen LogP contribution is 2.24. The van der Waals surface area contributed by atoms with Crippen molar-refractivity contribution < 1.29 is 4.74 Å². The molecule has 1 aromatic carbocycles. The van der Waals surface area contributed by atoms with E-state index in [0.29, 0.717) is 23.3 Å². The number of aliphatic imine (C=N–C) groups is 1. The Morgan fingerprint density at radius 1 is 1.37 bits per heavy atom. The average Bonchev–Trinajstić information content (AvgIpc) is 2.29. The molecule has 1 rings (SSSR count). The van der Waals surface area contributed by atoms with Crippen LogP contribution in [0.2, 0.25) is 5.02 Å². The first kappa shape index (κ1) is 18.3. The van der Waals surface area contributed by atoms with Crippen LogP contribution in [-0.4, -0.2) is 24.7 Å². The van der Waals surface area contributed by atoms with Crippen molar-refractivity contribution in [3.63, 3.8) is 0 Å². The summed E-state index contributed by atoms with van der Waals surface area (Å²) in [4.78, 5) is 4.21. The number of ether oxygens (including phenoxy) is 1. The third-order valence-corrected chi connectivity index (χ3v) is 2.43. The van der Waals surface area contributed by atoms with Crippen molar-refractivity contribution in [3.8, 4) is 5.75 Å². The molecule has 0 fully saturated rings. The summed E-state index contributed by atoms with van der Waals surface area (Å²) >= 11 is 6.00. The fourth-order valence-electron chi connectivity index (χ4n) is 1.36. The first-order valence-corrected chi connectivity index (χ1v) is 6.34. The molecule has 1 atom stereocenters. The lowest BCUT2D eigenvalue weighted by molar-refractivity contribution is 0.230. The number of hydrogen-bond acceptors (Lipinski definition) is 2. The van der Waals surface area contributed by atoms with Crippen LogP contribution in [-0.2, 0) is 0 Å². The smallest absolute Gasteiger partial charge is 0.188 e. The number of nitrogens with one attached hydrogen (secondary N) is 1. The van der Waals surface area contributed by atoms with Gasteiger partial charge in [-0.25, -0.2) is 4.99 Å². The van der Waals surface area contributed by atoms with E-state index in [4.69, 9.17) is 22.1 Å². The van der Waals surface area contributed by atoms with E-state index in [1.54, 1.807) is 6.07 Å². The number of nitrogens with two attached hydrogens (primary N) is 1. The highest BCUT2D eigenvalue weighted by Gasteiger charge is 2.06. The first-order chi connectivity index (χ1) is 8.49. The maximum atomic E-state index is 6.00. The number of rotatable bonds is 5.